The number of hydrogen-bond acceptors (Lipinski definition) is 7. The monoisotopic (exact) mass is 683 g/mol. The minimum absolute atomic E-state index is 0.0503. The summed E-state index contributed by atoms with van der Waals surface area (Å²) in [4.78, 5) is 0. The molecule has 0 aromatic carbocycles. The van der Waals surface area contributed by atoms with Gasteiger partial charge in [0.25, 0.3) is 0 Å². The smallest absolute Gasteiger partial charge is 0.0707 e. The first-order valence-corrected chi connectivity index (χ1v) is 18.7. The lowest BCUT2D eigenvalue weighted by atomic mass is 10.2. The summed E-state index contributed by atoms with van der Waals surface area (Å²) in [7, 11) is 0. The van der Waals surface area contributed by atoms with Crippen LogP contribution in [0.15, 0.2) is 0 Å². The maximum absolute atomic E-state index is 5.49. The van der Waals surface area contributed by atoms with Crippen LogP contribution in [0.2, 0.25) is 0 Å². The van der Waals surface area contributed by atoms with Crippen molar-refractivity contribution < 1.29 is 33.2 Å². The van der Waals surface area contributed by atoms with Gasteiger partial charge in [-0.3, -0.25) is 0 Å². The Morgan fingerprint density at radius 1 is 0.277 bits per heavy atom. The maximum Gasteiger partial charge on any atom is 0.0707 e. The van der Waals surface area contributed by atoms with Gasteiger partial charge in [-0.15, -0.1) is 0 Å². The first-order chi connectivity index (χ1) is 21.3. The van der Waals surface area contributed by atoms with Gasteiger partial charge in [0, 0.05) is 33.0 Å². The zero-order valence-corrected chi connectivity index (χ0v) is 36.0. The van der Waals surface area contributed by atoms with Crippen molar-refractivity contribution in [1.29, 1.82) is 0 Å². The molecule has 0 radical (unpaired) electrons. The highest BCUT2D eigenvalue weighted by molar-refractivity contribution is 4.60. The lowest BCUT2D eigenvalue weighted by molar-refractivity contribution is -0.0424. The molecule has 0 bridgehead atoms. The van der Waals surface area contributed by atoms with Crippen molar-refractivity contribution >= 4 is 0 Å². The zero-order chi connectivity index (χ0) is 38.1. The Bertz CT molecular complexity index is 554. The minimum atomic E-state index is -0.0674. The predicted octanol–water partition coefficient (Wildman–Crippen LogP) is 11.5. The summed E-state index contributed by atoms with van der Waals surface area (Å²) >= 11 is 0. The van der Waals surface area contributed by atoms with Crippen molar-refractivity contribution in [3.8, 4) is 0 Å². The largest absolute Gasteiger partial charge is 0.379 e. The lowest BCUT2D eigenvalue weighted by Crippen LogP contribution is -2.22. The van der Waals surface area contributed by atoms with Gasteiger partial charge in [0.05, 0.1) is 54.4 Å². The second-order valence-electron chi connectivity index (χ2n) is 16.3. The summed E-state index contributed by atoms with van der Waals surface area (Å²) in [5.41, 5.74) is 0.136. The van der Waals surface area contributed by atoms with Crippen molar-refractivity contribution in [1.82, 2.24) is 0 Å². The van der Waals surface area contributed by atoms with Crippen molar-refractivity contribution in [2.75, 3.05) is 59.5 Å². The number of hydrogen-bond donors (Lipinski definition) is 0. The topological polar surface area (TPSA) is 64.6 Å². The molecule has 0 N–H and O–H groups in total. The molecule has 0 unspecified atom stereocenters. The first kappa shape index (κ1) is 56.1. The van der Waals surface area contributed by atoms with Crippen molar-refractivity contribution in [2.24, 2.45) is 0 Å². The van der Waals surface area contributed by atoms with Gasteiger partial charge < -0.3 is 33.2 Å². The summed E-state index contributed by atoms with van der Waals surface area (Å²) in [5, 5.41) is 0. The summed E-state index contributed by atoms with van der Waals surface area (Å²) in [6.07, 6.45) is 6.96. The van der Waals surface area contributed by atoms with Crippen molar-refractivity contribution in [2.45, 2.75) is 205 Å². The molecule has 0 saturated heterocycles. The fourth-order valence-corrected chi connectivity index (χ4v) is 2.76. The molecule has 0 aliphatic heterocycles. The zero-order valence-electron chi connectivity index (χ0n) is 36.0. The highest BCUT2D eigenvalue weighted by Gasteiger charge is 2.10. The van der Waals surface area contributed by atoms with E-state index in [1.807, 2.05) is 27.7 Å². The van der Waals surface area contributed by atoms with Gasteiger partial charge in [0.1, 0.15) is 0 Å². The van der Waals surface area contributed by atoms with Crippen LogP contribution in [0.4, 0.5) is 0 Å². The van der Waals surface area contributed by atoms with E-state index in [1.54, 1.807) is 0 Å². The van der Waals surface area contributed by atoms with Crippen LogP contribution in [-0.4, -0.2) is 87.5 Å². The highest BCUT2D eigenvalue weighted by Crippen LogP contribution is 2.09. The van der Waals surface area contributed by atoms with Gasteiger partial charge in [-0.25, -0.2) is 0 Å². The summed E-state index contributed by atoms with van der Waals surface area (Å²) < 4.78 is 37.6. The number of rotatable bonds is 17. The molecule has 7 heteroatoms. The standard InChI is InChI=1S/C11H24O3.2C8H18O.C7H16O.C6H14O/c1-5-6-12-7-8-13-9-10-14-11(2,3)4;2*1-5-6-7-9-8(2,3)4;1-5-6-8-7(2,3)4;1-5-7-6(2,3)4/h5-10H2,1-4H3;2*5-7H2,1-4H3;5-6H2,1-4H3;5H2,1-4H3. The second-order valence-corrected chi connectivity index (χ2v) is 16.3. The summed E-state index contributed by atoms with van der Waals surface area (Å²) in [5.74, 6) is 0. The van der Waals surface area contributed by atoms with Crippen LogP contribution >= 0.6 is 0 Å². The van der Waals surface area contributed by atoms with Crippen LogP contribution in [0.5, 0.6) is 0 Å². The van der Waals surface area contributed by atoms with E-state index in [4.69, 9.17) is 33.2 Å². The van der Waals surface area contributed by atoms with Crippen LogP contribution in [-0.2, 0) is 33.2 Å². The fraction of sp³-hybridized carbons (Fsp3) is 1.00. The van der Waals surface area contributed by atoms with E-state index >= 15 is 0 Å². The Morgan fingerprint density at radius 3 is 0.787 bits per heavy atom. The molecule has 0 aromatic heterocycles. The summed E-state index contributed by atoms with van der Waals surface area (Å²) in [6, 6.07) is 0. The fourth-order valence-electron chi connectivity index (χ4n) is 2.76. The van der Waals surface area contributed by atoms with Crippen LogP contribution < -0.4 is 0 Å². The van der Waals surface area contributed by atoms with E-state index in [9.17, 15) is 0 Å². The summed E-state index contributed by atoms with van der Waals surface area (Å²) in [6.45, 7) is 48.5. The van der Waals surface area contributed by atoms with E-state index in [0.29, 0.717) is 26.4 Å². The van der Waals surface area contributed by atoms with Gasteiger partial charge in [-0.2, -0.15) is 0 Å². The molecular weight excluding hydrogens is 592 g/mol. The maximum atomic E-state index is 5.49. The molecule has 0 fully saturated rings. The van der Waals surface area contributed by atoms with E-state index in [0.717, 1.165) is 45.9 Å². The Balaban J connectivity index is -0.000000160. The van der Waals surface area contributed by atoms with E-state index in [1.165, 1.54) is 25.7 Å². The van der Waals surface area contributed by atoms with Gasteiger partial charge in [-0.1, -0.05) is 40.5 Å². The normalized spacial score (nSPS) is 12.0. The molecule has 0 aliphatic rings. The SMILES string of the molecule is CCCCOC(C)(C)C.CCCCOC(C)(C)C.CCCOC(C)(C)C.CCCOCCOCCOC(C)(C)C.CCOC(C)(C)C. The van der Waals surface area contributed by atoms with Crippen LogP contribution in [0, 0.1) is 0 Å². The third-order valence-corrected chi connectivity index (χ3v) is 4.87. The number of unbranched alkanes of at least 4 members (excludes halogenated alkanes) is 2. The quantitative estimate of drug-likeness (QED) is 0.141. The number of ether oxygens (including phenoxy) is 7. The molecule has 292 valence electrons. The molecule has 0 spiro atoms. The molecule has 7 nitrogen and oxygen atoms in total. The van der Waals surface area contributed by atoms with Gasteiger partial charge in [0.15, 0.2) is 0 Å². The van der Waals surface area contributed by atoms with Gasteiger partial charge in [0.2, 0.25) is 0 Å². The molecule has 0 saturated carbocycles. The third kappa shape index (κ3) is 86.9. The Kier molecular flexibility index (Phi) is 40.8. The first-order valence-electron chi connectivity index (χ1n) is 18.7. The highest BCUT2D eigenvalue weighted by atomic mass is 16.5. The van der Waals surface area contributed by atoms with Crippen LogP contribution in [0.3, 0.4) is 0 Å². The average Bonchev–Trinajstić information content (AvgIpc) is 2.88. The van der Waals surface area contributed by atoms with Crippen molar-refractivity contribution in [3.05, 3.63) is 0 Å². The average molecular weight is 683 g/mol. The molecular formula is C40H90O7. The van der Waals surface area contributed by atoms with Crippen molar-refractivity contribution in [3.63, 3.8) is 0 Å². The Hall–Kier alpha value is -0.280. The van der Waals surface area contributed by atoms with Gasteiger partial charge >= 0.3 is 0 Å². The Morgan fingerprint density at radius 2 is 0.553 bits per heavy atom. The Labute approximate surface area is 297 Å². The molecule has 0 heterocycles. The minimum Gasteiger partial charge on any atom is -0.379 e. The molecule has 0 aliphatic carbocycles. The van der Waals surface area contributed by atoms with Crippen LogP contribution in [0.25, 0.3) is 0 Å². The molecule has 0 amide bonds. The molecule has 0 rings (SSSR count). The predicted molar refractivity (Wildman–Crippen MR) is 206 cm³/mol. The lowest BCUT2D eigenvalue weighted by Gasteiger charge is -2.19. The van der Waals surface area contributed by atoms with E-state index in [-0.39, 0.29) is 28.0 Å². The van der Waals surface area contributed by atoms with E-state index in [2.05, 4.69) is 111 Å². The second kappa shape index (κ2) is 34.2. The molecule has 0 atom stereocenters. The third-order valence-electron chi connectivity index (χ3n) is 4.87. The van der Waals surface area contributed by atoms with E-state index < -0.39 is 0 Å². The molecule has 47 heavy (non-hydrogen) atoms. The van der Waals surface area contributed by atoms with Gasteiger partial charge in [-0.05, 0) is 136 Å². The van der Waals surface area contributed by atoms with Crippen LogP contribution in [0.1, 0.15) is 177 Å². The molecule has 0 aromatic rings.